The molecule has 0 aliphatic heterocycles. The maximum atomic E-state index is 9.78. The van der Waals surface area contributed by atoms with Crippen LogP contribution in [-0.4, -0.2) is 14.7 Å². The summed E-state index contributed by atoms with van der Waals surface area (Å²) in [4.78, 5) is 0. The number of nitrogens with zero attached hydrogens (tertiary/aromatic N) is 2. The maximum Gasteiger partial charge on any atom is 0.0861 e. The highest BCUT2D eigenvalue weighted by Gasteiger charge is 2.10. The Labute approximate surface area is 82.3 Å². The van der Waals surface area contributed by atoms with Crippen molar-refractivity contribution in [1.29, 1.82) is 0 Å². The highest BCUT2D eigenvalue weighted by molar-refractivity contribution is 5.54. The Hall–Kier alpha value is -1.61. The number of aliphatic hydroxyl groups is 1. The normalized spacial score (nSPS) is 12.9. The molecule has 0 bridgehead atoms. The van der Waals surface area contributed by atoms with Crippen molar-refractivity contribution in [2.45, 2.75) is 12.5 Å². The second kappa shape index (κ2) is 3.64. The molecule has 0 spiro atoms. The van der Waals surface area contributed by atoms with Gasteiger partial charge in [-0.05, 0) is 18.6 Å². The summed E-state index contributed by atoms with van der Waals surface area (Å²) < 4.78 is 1.75. The van der Waals surface area contributed by atoms with Crippen LogP contribution in [0.5, 0.6) is 0 Å². The molecule has 2 aromatic heterocycles. The van der Waals surface area contributed by atoms with Crippen molar-refractivity contribution in [3.05, 3.63) is 48.8 Å². The first-order chi connectivity index (χ1) is 6.83. The Balaban J connectivity index is 2.47. The van der Waals surface area contributed by atoms with Gasteiger partial charge >= 0.3 is 0 Å². The minimum atomic E-state index is -0.507. The van der Waals surface area contributed by atoms with Crippen molar-refractivity contribution in [2.24, 2.45) is 0 Å². The number of rotatable bonds is 3. The lowest BCUT2D eigenvalue weighted by atomic mass is 10.1. The summed E-state index contributed by atoms with van der Waals surface area (Å²) in [5, 5.41) is 13.9. The molecule has 0 saturated heterocycles. The summed E-state index contributed by atoms with van der Waals surface area (Å²) in [6.45, 7) is 3.60. The molecule has 1 unspecified atom stereocenters. The largest absolute Gasteiger partial charge is 0.388 e. The molecule has 0 fully saturated rings. The quantitative estimate of drug-likeness (QED) is 0.747. The van der Waals surface area contributed by atoms with Crippen molar-refractivity contribution in [2.75, 3.05) is 0 Å². The number of fused-ring (bicyclic) bond motifs is 1. The third-order valence-corrected chi connectivity index (χ3v) is 2.21. The van der Waals surface area contributed by atoms with Crippen LogP contribution in [0, 0.1) is 0 Å². The number of aliphatic hydroxyl groups excluding tert-OH is 1. The van der Waals surface area contributed by atoms with Gasteiger partial charge in [0.25, 0.3) is 0 Å². The Morgan fingerprint density at radius 3 is 3.21 bits per heavy atom. The molecule has 0 aliphatic rings. The molecular weight excluding hydrogens is 176 g/mol. The minimum absolute atomic E-state index is 0.507. The number of pyridine rings is 1. The van der Waals surface area contributed by atoms with Gasteiger partial charge in [0.1, 0.15) is 0 Å². The van der Waals surface area contributed by atoms with E-state index in [1.54, 1.807) is 16.8 Å². The fourth-order valence-corrected chi connectivity index (χ4v) is 1.50. The molecule has 0 amide bonds. The first-order valence-corrected chi connectivity index (χ1v) is 4.54. The summed E-state index contributed by atoms with van der Waals surface area (Å²) in [6.07, 6.45) is 5.31. The average molecular weight is 188 g/mol. The van der Waals surface area contributed by atoms with E-state index in [0.717, 1.165) is 11.1 Å². The standard InChI is InChI=1S/C11H12N2O/c1-2-5-11(14)9-8-12-13-7-4-3-6-10(9)13/h2-4,6-8,11,14H,1,5H2. The van der Waals surface area contributed by atoms with Crippen LogP contribution in [0.25, 0.3) is 5.52 Å². The van der Waals surface area contributed by atoms with E-state index in [-0.39, 0.29) is 0 Å². The van der Waals surface area contributed by atoms with Crippen LogP contribution in [0.1, 0.15) is 18.1 Å². The summed E-state index contributed by atoms with van der Waals surface area (Å²) in [5.74, 6) is 0. The van der Waals surface area contributed by atoms with Crippen LogP contribution in [0.15, 0.2) is 43.2 Å². The Kier molecular flexibility index (Phi) is 2.33. The van der Waals surface area contributed by atoms with E-state index in [4.69, 9.17) is 0 Å². The lowest BCUT2D eigenvalue weighted by Gasteiger charge is -2.05. The lowest BCUT2D eigenvalue weighted by Crippen LogP contribution is -1.94. The van der Waals surface area contributed by atoms with E-state index in [1.807, 2.05) is 24.4 Å². The Bertz CT molecular complexity index is 447. The Morgan fingerprint density at radius 1 is 1.57 bits per heavy atom. The van der Waals surface area contributed by atoms with Crippen LogP contribution in [-0.2, 0) is 0 Å². The lowest BCUT2D eigenvalue weighted by molar-refractivity contribution is 0.183. The molecule has 0 radical (unpaired) electrons. The van der Waals surface area contributed by atoms with E-state index in [0.29, 0.717) is 6.42 Å². The van der Waals surface area contributed by atoms with Gasteiger partial charge < -0.3 is 5.11 Å². The molecule has 3 nitrogen and oxygen atoms in total. The van der Waals surface area contributed by atoms with Crippen molar-refractivity contribution in [3.8, 4) is 0 Å². The monoisotopic (exact) mass is 188 g/mol. The summed E-state index contributed by atoms with van der Waals surface area (Å²) in [7, 11) is 0. The molecule has 0 aromatic carbocycles. The zero-order chi connectivity index (χ0) is 9.97. The predicted octanol–water partition coefficient (Wildman–Crippen LogP) is 1.94. The molecule has 3 heteroatoms. The smallest absolute Gasteiger partial charge is 0.0861 e. The average Bonchev–Trinajstić information content (AvgIpc) is 2.61. The van der Waals surface area contributed by atoms with E-state index < -0.39 is 6.10 Å². The van der Waals surface area contributed by atoms with Gasteiger partial charge in [-0.1, -0.05) is 12.1 Å². The van der Waals surface area contributed by atoms with Gasteiger partial charge in [-0.3, -0.25) is 0 Å². The van der Waals surface area contributed by atoms with Crippen molar-refractivity contribution < 1.29 is 5.11 Å². The SMILES string of the molecule is C=CCC(O)c1cnn2ccccc12. The molecule has 14 heavy (non-hydrogen) atoms. The highest BCUT2D eigenvalue weighted by atomic mass is 16.3. The highest BCUT2D eigenvalue weighted by Crippen LogP contribution is 2.21. The van der Waals surface area contributed by atoms with Crippen LogP contribution in [0.3, 0.4) is 0 Å². The number of aromatic nitrogens is 2. The molecule has 2 aromatic rings. The van der Waals surface area contributed by atoms with E-state index in [2.05, 4.69) is 11.7 Å². The predicted molar refractivity (Wildman–Crippen MR) is 55.0 cm³/mol. The van der Waals surface area contributed by atoms with Gasteiger partial charge in [0.15, 0.2) is 0 Å². The molecule has 72 valence electrons. The number of hydrogen-bond donors (Lipinski definition) is 1. The van der Waals surface area contributed by atoms with E-state index >= 15 is 0 Å². The van der Waals surface area contributed by atoms with Gasteiger partial charge in [0.05, 0.1) is 17.8 Å². The van der Waals surface area contributed by atoms with Gasteiger partial charge in [0, 0.05) is 11.8 Å². The first-order valence-electron chi connectivity index (χ1n) is 4.54. The minimum Gasteiger partial charge on any atom is -0.388 e. The zero-order valence-electron chi connectivity index (χ0n) is 7.80. The van der Waals surface area contributed by atoms with Crippen molar-refractivity contribution in [3.63, 3.8) is 0 Å². The Morgan fingerprint density at radius 2 is 2.43 bits per heavy atom. The summed E-state index contributed by atoms with van der Waals surface area (Å²) >= 11 is 0. The van der Waals surface area contributed by atoms with Crippen LogP contribution < -0.4 is 0 Å². The second-order valence-corrected chi connectivity index (χ2v) is 3.17. The third kappa shape index (κ3) is 1.42. The fraction of sp³-hybridized carbons (Fsp3) is 0.182. The molecular formula is C11H12N2O. The van der Waals surface area contributed by atoms with Gasteiger partial charge in [-0.2, -0.15) is 5.10 Å². The third-order valence-electron chi connectivity index (χ3n) is 2.21. The second-order valence-electron chi connectivity index (χ2n) is 3.17. The van der Waals surface area contributed by atoms with E-state index in [9.17, 15) is 5.11 Å². The summed E-state index contributed by atoms with van der Waals surface area (Å²) in [6, 6.07) is 5.78. The molecule has 1 atom stereocenters. The van der Waals surface area contributed by atoms with Crippen LogP contribution in [0.2, 0.25) is 0 Å². The van der Waals surface area contributed by atoms with Crippen LogP contribution in [0.4, 0.5) is 0 Å². The summed E-state index contributed by atoms with van der Waals surface area (Å²) in [5.41, 5.74) is 1.80. The fourth-order valence-electron chi connectivity index (χ4n) is 1.50. The van der Waals surface area contributed by atoms with E-state index in [1.165, 1.54) is 0 Å². The van der Waals surface area contributed by atoms with Gasteiger partial charge in [0.2, 0.25) is 0 Å². The van der Waals surface area contributed by atoms with Gasteiger partial charge in [-0.15, -0.1) is 6.58 Å². The van der Waals surface area contributed by atoms with Crippen LogP contribution >= 0.6 is 0 Å². The zero-order valence-corrected chi connectivity index (χ0v) is 7.80. The molecule has 2 rings (SSSR count). The maximum absolute atomic E-state index is 9.78. The van der Waals surface area contributed by atoms with Gasteiger partial charge in [-0.25, -0.2) is 4.52 Å². The molecule has 1 N–H and O–H groups in total. The number of hydrogen-bond acceptors (Lipinski definition) is 2. The molecule has 2 heterocycles. The van der Waals surface area contributed by atoms with Crippen molar-refractivity contribution in [1.82, 2.24) is 9.61 Å². The molecule has 0 aliphatic carbocycles. The first kappa shape index (κ1) is 8.97. The van der Waals surface area contributed by atoms with Crippen molar-refractivity contribution >= 4 is 5.52 Å². The molecule has 0 saturated carbocycles. The topological polar surface area (TPSA) is 37.5 Å².